The predicted octanol–water partition coefficient (Wildman–Crippen LogP) is 3.33. The standard InChI is InChI=1S/C12H15BrFN/c1-8-4-10(8)7-15-6-9-2-3-11(14)5-12(9)13/h2-3,5,8,10,15H,4,6-7H2,1H3. The molecule has 2 unspecified atom stereocenters. The van der Waals surface area contributed by atoms with E-state index >= 15 is 0 Å². The minimum absolute atomic E-state index is 0.193. The zero-order chi connectivity index (χ0) is 10.8. The van der Waals surface area contributed by atoms with Crippen LogP contribution in [0.2, 0.25) is 0 Å². The summed E-state index contributed by atoms with van der Waals surface area (Å²) in [6.07, 6.45) is 1.34. The van der Waals surface area contributed by atoms with Gasteiger partial charge in [-0.25, -0.2) is 4.39 Å². The Kier molecular flexibility index (Phi) is 3.42. The molecule has 1 N–H and O–H groups in total. The van der Waals surface area contributed by atoms with E-state index in [9.17, 15) is 4.39 Å². The van der Waals surface area contributed by atoms with E-state index in [-0.39, 0.29) is 5.82 Å². The minimum atomic E-state index is -0.193. The molecule has 1 fully saturated rings. The molecule has 15 heavy (non-hydrogen) atoms. The van der Waals surface area contributed by atoms with Gasteiger partial charge < -0.3 is 5.32 Å². The summed E-state index contributed by atoms with van der Waals surface area (Å²) in [7, 11) is 0. The molecule has 0 amide bonds. The summed E-state index contributed by atoms with van der Waals surface area (Å²) in [5.74, 6) is 1.54. The first-order chi connectivity index (χ1) is 7.16. The van der Waals surface area contributed by atoms with Crippen molar-refractivity contribution in [3.8, 4) is 0 Å². The molecule has 0 saturated heterocycles. The average Bonchev–Trinajstić information content (AvgIpc) is 2.86. The molecule has 2 rings (SSSR count). The van der Waals surface area contributed by atoms with Crippen LogP contribution in [0.25, 0.3) is 0 Å². The second-order valence-corrected chi connectivity index (χ2v) is 5.19. The van der Waals surface area contributed by atoms with Gasteiger partial charge in [0.2, 0.25) is 0 Å². The maximum Gasteiger partial charge on any atom is 0.124 e. The molecule has 1 aliphatic rings. The summed E-state index contributed by atoms with van der Waals surface area (Å²) in [6.45, 7) is 4.16. The zero-order valence-electron chi connectivity index (χ0n) is 8.76. The van der Waals surface area contributed by atoms with E-state index < -0.39 is 0 Å². The van der Waals surface area contributed by atoms with Crippen molar-refractivity contribution in [2.75, 3.05) is 6.54 Å². The van der Waals surface area contributed by atoms with Gasteiger partial charge in [-0.2, -0.15) is 0 Å². The maximum absolute atomic E-state index is 12.8. The van der Waals surface area contributed by atoms with E-state index in [2.05, 4.69) is 28.2 Å². The third-order valence-electron chi connectivity index (χ3n) is 3.01. The Morgan fingerprint density at radius 1 is 1.53 bits per heavy atom. The number of hydrogen-bond acceptors (Lipinski definition) is 1. The Morgan fingerprint density at radius 2 is 2.27 bits per heavy atom. The fraction of sp³-hybridized carbons (Fsp3) is 0.500. The highest BCUT2D eigenvalue weighted by Gasteiger charge is 2.31. The van der Waals surface area contributed by atoms with Crippen molar-refractivity contribution in [3.63, 3.8) is 0 Å². The third kappa shape index (κ3) is 3.02. The maximum atomic E-state index is 12.8. The van der Waals surface area contributed by atoms with E-state index in [1.807, 2.05) is 6.07 Å². The SMILES string of the molecule is CC1CC1CNCc1ccc(F)cc1Br. The van der Waals surface area contributed by atoms with E-state index in [0.717, 1.165) is 35.0 Å². The zero-order valence-corrected chi connectivity index (χ0v) is 10.3. The van der Waals surface area contributed by atoms with Crippen molar-refractivity contribution in [2.45, 2.75) is 19.9 Å². The molecule has 1 aromatic rings. The van der Waals surface area contributed by atoms with Crippen molar-refractivity contribution in [2.24, 2.45) is 11.8 Å². The molecular formula is C12H15BrFN. The monoisotopic (exact) mass is 271 g/mol. The van der Waals surface area contributed by atoms with E-state index in [1.54, 1.807) is 0 Å². The molecule has 0 spiro atoms. The van der Waals surface area contributed by atoms with Crippen LogP contribution in [0, 0.1) is 17.7 Å². The summed E-state index contributed by atoms with van der Waals surface area (Å²) >= 11 is 3.36. The van der Waals surface area contributed by atoms with Crippen LogP contribution >= 0.6 is 15.9 Å². The highest BCUT2D eigenvalue weighted by Crippen LogP contribution is 2.36. The summed E-state index contributed by atoms with van der Waals surface area (Å²) in [6, 6.07) is 4.83. The number of benzene rings is 1. The molecule has 1 aromatic carbocycles. The first-order valence-electron chi connectivity index (χ1n) is 5.31. The van der Waals surface area contributed by atoms with Crippen LogP contribution in [-0.4, -0.2) is 6.54 Å². The van der Waals surface area contributed by atoms with E-state index in [4.69, 9.17) is 0 Å². The molecule has 0 radical (unpaired) electrons. The summed E-state index contributed by atoms with van der Waals surface area (Å²) in [5, 5.41) is 3.40. The Bertz CT molecular complexity index is 353. The van der Waals surface area contributed by atoms with Crippen LogP contribution in [0.3, 0.4) is 0 Å². The Balaban J connectivity index is 1.82. The van der Waals surface area contributed by atoms with Crippen molar-refractivity contribution in [1.29, 1.82) is 0 Å². The lowest BCUT2D eigenvalue weighted by atomic mass is 10.2. The average molecular weight is 272 g/mol. The fourth-order valence-corrected chi connectivity index (χ4v) is 2.23. The van der Waals surface area contributed by atoms with Crippen molar-refractivity contribution < 1.29 is 4.39 Å². The second kappa shape index (κ2) is 4.62. The van der Waals surface area contributed by atoms with Gasteiger partial charge in [0.25, 0.3) is 0 Å². The fourth-order valence-electron chi connectivity index (χ4n) is 1.74. The second-order valence-electron chi connectivity index (χ2n) is 4.34. The molecule has 3 heteroatoms. The lowest BCUT2D eigenvalue weighted by molar-refractivity contribution is 0.605. The highest BCUT2D eigenvalue weighted by atomic mass is 79.9. The quantitative estimate of drug-likeness (QED) is 0.886. The number of hydrogen-bond donors (Lipinski definition) is 1. The van der Waals surface area contributed by atoms with Crippen molar-refractivity contribution in [3.05, 3.63) is 34.1 Å². The highest BCUT2D eigenvalue weighted by molar-refractivity contribution is 9.10. The van der Waals surface area contributed by atoms with Crippen LogP contribution in [-0.2, 0) is 6.54 Å². The Hall–Kier alpha value is -0.410. The smallest absolute Gasteiger partial charge is 0.124 e. The predicted molar refractivity (Wildman–Crippen MR) is 63.1 cm³/mol. The van der Waals surface area contributed by atoms with Crippen LogP contribution in [0.5, 0.6) is 0 Å². The van der Waals surface area contributed by atoms with Gasteiger partial charge in [-0.3, -0.25) is 0 Å². The first-order valence-corrected chi connectivity index (χ1v) is 6.11. The number of rotatable bonds is 4. The molecule has 0 bridgehead atoms. The van der Waals surface area contributed by atoms with Gasteiger partial charge in [0, 0.05) is 11.0 Å². The normalized spacial score (nSPS) is 24.2. The van der Waals surface area contributed by atoms with Gasteiger partial charge in [0.1, 0.15) is 5.82 Å². The van der Waals surface area contributed by atoms with Gasteiger partial charge in [0.05, 0.1) is 0 Å². The van der Waals surface area contributed by atoms with Crippen LogP contribution in [0.15, 0.2) is 22.7 Å². The van der Waals surface area contributed by atoms with Crippen LogP contribution < -0.4 is 5.32 Å². The number of nitrogens with one attached hydrogen (secondary N) is 1. The molecule has 1 nitrogen and oxygen atoms in total. The molecule has 0 aromatic heterocycles. The Morgan fingerprint density at radius 3 is 2.87 bits per heavy atom. The molecule has 82 valence electrons. The van der Waals surface area contributed by atoms with Crippen molar-refractivity contribution in [1.82, 2.24) is 5.32 Å². The van der Waals surface area contributed by atoms with Crippen LogP contribution in [0.4, 0.5) is 4.39 Å². The molecule has 1 saturated carbocycles. The third-order valence-corrected chi connectivity index (χ3v) is 3.75. The van der Waals surface area contributed by atoms with Gasteiger partial charge in [-0.15, -0.1) is 0 Å². The summed E-state index contributed by atoms with van der Waals surface area (Å²) in [4.78, 5) is 0. The minimum Gasteiger partial charge on any atom is -0.312 e. The van der Waals surface area contributed by atoms with Gasteiger partial charge in [-0.1, -0.05) is 28.9 Å². The molecule has 1 aliphatic carbocycles. The lowest BCUT2D eigenvalue weighted by Crippen LogP contribution is -2.17. The Labute approximate surface area is 98.2 Å². The topological polar surface area (TPSA) is 12.0 Å². The van der Waals surface area contributed by atoms with Gasteiger partial charge in [-0.05, 0) is 42.5 Å². The summed E-state index contributed by atoms with van der Waals surface area (Å²) in [5.41, 5.74) is 1.12. The molecule has 2 atom stereocenters. The van der Waals surface area contributed by atoms with E-state index in [0.29, 0.717) is 0 Å². The van der Waals surface area contributed by atoms with Gasteiger partial charge in [0.15, 0.2) is 0 Å². The molecule has 0 heterocycles. The van der Waals surface area contributed by atoms with Crippen LogP contribution in [0.1, 0.15) is 18.9 Å². The van der Waals surface area contributed by atoms with Gasteiger partial charge >= 0.3 is 0 Å². The lowest BCUT2D eigenvalue weighted by Gasteiger charge is -2.06. The largest absolute Gasteiger partial charge is 0.312 e. The van der Waals surface area contributed by atoms with E-state index in [1.165, 1.54) is 18.6 Å². The van der Waals surface area contributed by atoms with Crippen molar-refractivity contribution >= 4 is 15.9 Å². The number of halogens is 2. The molecular weight excluding hydrogens is 257 g/mol. The first kappa shape index (κ1) is 11.1. The molecule has 0 aliphatic heterocycles. The summed E-state index contributed by atoms with van der Waals surface area (Å²) < 4.78 is 13.7.